The molecule has 1 amide bonds. The zero-order valence-electron chi connectivity index (χ0n) is 18.2. The van der Waals surface area contributed by atoms with Gasteiger partial charge in [-0.05, 0) is 55.0 Å². The smallest absolute Gasteiger partial charge is 0.309 e. The maximum Gasteiger partial charge on any atom is 0.309 e. The highest BCUT2D eigenvalue weighted by Gasteiger charge is 2.36. The van der Waals surface area contributed by atoms with Gasteiger partial charge in [0.1, 0.15) is 0 Å². The number of nitrogens with one attached hydrogen (secondary N) is 2. The molecule has 0 saturated carbocycles. The lowest BCUT2D eigenvalue weighted by atomic mass is 9.79. The van der Waals surface area contributed by atoms with Crippen molar-refractivity contribution in [1.82, 2.24) is 20.7 Å². The summed E-state index contributed by atoms with van der Waals surface area (Å²) in [5, 5.41) is 40.8. The van der Waals surface area contributed by atoms with Crippen molar-refractivity contribution in [2.24, 2.45) is 5.41 Å². The highest BCUT2D eigenvalue weighted by atomic mass is 16.4. The number of hydrogen-bond donors (Lipinski definition) is 4. The molecular formula is C24H25N5O4. The van der Waals surface area contributed by atoms with Gasteiger partial charge in [0.15, 0.2) is 5.69 Å². The number of carboxylic acid groups (broad SMARTS) is 1. The molecule has 9 heteroatoms. The summed E-state index contributed by atoms with van der Waals surface area (Å²) in [5.74, 6) is -1.50. The monoisotopic (exact) mass is 447 g/mol. The molecule has 0 saturated heterocycles. The Morgan fingerprint density at radius 2 is 1.97 bits per heavy atom. The molecule has 2 atom stereocenters. The third kappa shape index (κ3) is 6.02. The highest BCUT2D eigenvalue weighted by molar-refractivity contribution is 5.92. The van der Waals surface area contributed by atoms with Crippen LogP contribution in [0.5, 0.6) is 0 Å². The Kier molecular flexibility index (Phi) is 7.53. The second-order valence-corrected chi connectivity index (χ2v) is 8.17. The van der Waals surface area contributed by atoms with Crippen LogP contribution in [0, 0.1) is 16.7 Å². The first kappa shape index (κ1) is 23.6. The molecule has 4 N–H and O–H groups in total. The topological polar surface area (TPSA) is 152 Å². The molecule has 2 aromatic carbocycles. The fourth-order valence-electron chi connectivity index (χ4n) is 3.72. The lowest BCUT2D eigenvalue weighted by Crippen LogP contribution is -2.43. The summed E-state index contributed by atoms with van der Waals surface area (Å²) in [6, 6.07) is 16.6. The van der Waals surface area contributed by atoms with E-state index in [1.54, 1.807) is 13.0 Å². The molecule has 0 aliphatic heterocycles. The Balaban J connectivity index is 1.81. The molecule has 0 radical (unpaired) electrons. The van der Waals surface area contributed by atoms with E-state index in [2.05, 4.69) is 26.8 Å². The van der Waals surface area contributed by atoms with Gasteiger partial charge in [-0.15, -0.1) is 5.10 Å². The van der Waals surface area contributed by atoms with Crippen molar-refractivity contribution < 1.29 is 19.8 Å². The normalized spacial score (nSPS) is 13.5. The average Bonchev–Trinajstić information content (AvgIpc) is 3.35. The largest absolute Gasteiger partial charge is 0.481 e. The van der Waals surface area contributed by atoms with Crippen molar-refractivity contribution in [3.05, 3.63) is 71.5 Å². The Labute approximate surface area is 191 Å². The first-order valence-electron chi connectivity index (χ1n) is 10.5. The van der Waals surface area contributed by atoms with Gasteiger partial charge in [0.25, 0.3) is 5.91 Å². The lowest BCUT2D eigenvalue weighted by molar-refractivity contribution is -0.149. The number of aliphatic hydroxyl groups is 1. The van der Waals surface area contributed by atoms with Gasteiger partial charge >= 0.3 is 5.97 Å². The molecule has 33 heavy (non-hydrogen) atoms. The van der Waals surface area contributed by atoms with E-state index < -0.39 is 23.3 Å². The summed E-state index contributed by atoms with van der Waals surface area (Å²) < 4.78 is 0. The van der Waals surface area contributed by atoms with Crippen molar-refractivity contribution in [3.8, 4) is 17.2 Å². The van der Waals surface area contributed by atoms with Gasteiger partial charge in [0.05, 0.1) is 23.2 Å². The van der Waals surface area contributed by atoms with Gasteiger partial charge in [-0.25, -0.2) is 0 Å². The number of amides is 1. The number of aliphatic carboxylic acids is 1. The number of nitrogens with zero attached hydrogens (tertiary/aromatic N) is 3. The molecule has 170 valence electrons. The molecule has 3 rings (SSSR count). The molecule has 1 unspecified atom stereocenters. The fourth-order valence-corrected chi connectivity index (χ4v) is 3.72. The van der Waals surface area contributed by atoms with E-state index in [0.717, 1.165) is 16.7 Å². The maximum absolute atomic E-state index is 12.6. The van der Waals surface area contributed by atoms with Gasteiger partial charge in [-0.3, -0.25) is 14.7 Å². The predicted molar refractivity (Wildman–Crippen MR) is 120 cm³/mol. The number of aromatic nitrogens is 3. The zero-order chi connectivity index (χ0) is 23.8. The van der Waals surface area contributed by atoms with Crippen molar-refractivity contribution in [1.29, 1.82) is 5.26 Å². The van der Waals surface area contributed by atoms with E-state index in [9.17, 15) is 19.8 Å². The van der Waals surface area contributed by atoms with Gasteiger partial charge in [0.2, 0.25) is 0 Å². The number of aliphatic hydroxyl groups excluding tert-OH is 1. The van der Waals surface area contributed by atoms with Crippen LogP contribution in [0.3, 0.4) is 0 Å². The van der Waals surface area contributed by atoms with Crippen molar-refractivity contribution in [2.75, 3.05) is 6.61 Å². The second kappa shape index (κ2) is 10.5. The maximum atomic E-state index is 12.6. The van der Waals surface area contributed by atoms with Crippen LogP contribution >= 0.6 is 0 Å². The number of H-pyrrole nitrogens is 1. The van der Waals surface area contributed by atoms with E-state index in [1.807, 2.05) is 42.5 Å². The minimum atomic E-state index is -1.21. The fraction of sp³-hybridized carbons (Fsp3) is 0.292. The van der Waals surface area contributed by atoms with Crippen LogP contribution in [0.4, 0.5) is 0 Å². The first-order chi connectivity index (χ1) is 15.8. The van der Waals surface area contributed by atoms with Gasteiger partial charge < -0.3 is 15.5 Å². The van der Waals surface area contributed by atoms with Crippen molar-refractivity contribution in [2.45, 2.75) is 32.2 Å². The number of rotatable bonds is 10. The summed E-state index contributed by atoms with van der Waals surface area (Å²) >= 11 is 0. The molecule has 0 spiro atoms. The summed E-state index contributed by atoms with van der Waals surface area (Å²) in [6.45, 7) is 1.29. The number of nitriles is 1. The van der Waals surface area contributed by atoms with E-state index in [4.69, 9.17) is 5.26 Å². The first-order valence-corrected chi connectivity index (χ1v) is 10.5. The number of aromatic amines is 1. The quantitative estimate of drug-likeness (QED) is 0.373. The average molecular weight is 447 g/mol. The molecule has 3 aromatic rings. The molecule has 1 heterocycles. The van der Waals surface area contributed by atoms with Gasteiger partial charge in [-0.1, -0.05) is 41.6 Å². The predicted octanol–water partition coefficient (Wildman–Crippen LogP) is 2.55. The summed E-state index contributed by atoms with van der Waals surface area (Å²) in [6.07, 6.45) is 1.93. The minimum absolute atomic E-state index is 0.0623. The Bertz CT molecular complexity index is 1140. The zero-order valence-corrected chi connectivity index (χ0v) is 18.2. The molecule has 0 bridgehead atoms. The van der Waals surface area contributed by atoms with Gasteiger partial charge in [0, 0.05) is 12.6 Å². The summed E-state index contributed by atoms with van der Waals surface area (Å²) in [4.78, 5) is 24.5. The van der Waals surface area contributed by atoms with Crippen LogP contribution < -0.4 is 5.32 Å². The molecule has 9 nitrogen and oxygen atoms in total. The Morgan fingerprint density at radius 1 is 1.21 bits per heavy atom. The number of carbonyl (C=O) groups is 2. The van der Waals surface area contributed by atoms with E-state index in [-0.39, 0.29) is 25.1 Å². The highest BCUT2D eigenvalue weighted by Crippen LogP contribution is 2.29. The van der Waals surface area contributed by atoms with E-state index in [1.165, 1.54) is 6.20 Å². The van der Waals surface area contributed by atoms with Crippen LogP contribution in [0.15, 0.2) is 54.7 Å². The molecule has 0 aliphatic carbocycles. The summed E-state index contributed by atoms with van der Waals surface area (Å²) in [5.41, 5.74) is 2.22. The molecule has 1 aromatic heterocycles. The Morgan fingerprint density at radius 3 is 2.58 bits per heavy atom. The minimum Gasteiger partial charge on any atom is -0.481 e. The standard InChI is InChI=1S/C24H25N5O4/c1-24(9-10-30,23(32)33)13-20(27-22(31)21-15-26-29-28-21)12-16-5-7-18(8-6-16)19-4-2-3-17(11-19)14-25/h2-8,11,15,20,30H,9-10,12-13H2,1H3,(H,27,31)(H,32,33)(H,26,28,29)/t20-,24?/m1/s1. The van der Waals surface area contributed by atoms with Crippen LogP contribution in [0.1, 0.15) is 41.4 Å². The number of carboxylic acids is 1. The number of benzene rings is 2. The number of hydrogen-bond acceptors (Lipinski definition) is 6. The van der Waals surface area contributed by atoms with Crippen LogP contribution in [-0.4, -0.2) is 50.1 Å². The number of carbonyl (C=O) groups excluding carboxylic acids is 1. The lowest BCUT2D eigenvalue weighted by Gasteiger charge is -2.29. The Hall–Kier alpha value is -4.03. The molecular weight excluding hydrogens is 422 g/mol. The van der Waals surface area contributed by atoms with Crippen LogP contribution in [-0.2, 0) is 11.2 Å². The molecule has 0 fully saturated rings. The third-order valence-corrected chi connectivity index (χ3v) is 5.62. The van der Waals surface area contributed by atoms with E-state index >= 15 is 0 Å². The second-order valence-electron chi connectivity index (χ2n) is 8.17. The van der Waals surface area contributed by atoms with Crippen molar-refractivity contribution in [3.63, 3.8) is 0 Å². The third-order valence-electron chi connectivity index (χ3n) is 5.62. The SMILES string of the molecule is CC(CCO)(C[C@@H](Cc1ccc(-c2cccc(C#N)c2)cc1)NC(=O)c1c[nH]nn1)C(=O)O. The van der Waals surface area contributed by atoms with E-state index in [0.29, 0.717) is 12.0 Å². The summed E-state index contributed by atoms with van der Waals surface area (Å²) in [7, 11) is 0. The van der Waals surface area contributed by atoms with Crippen molar-refractivity contribution >= 4 is 11.9 Å². The van der Waals surface area contributed by atoms with Crippen LogP contribution in [0.2, 0.25) is 0 Å². The van der Waals surface area contributed by atoms with Crippen LogP contribution in [0.25, 0.3) is 11.1 Å². The van der Waals surface area contributed by atoms with Gasteiger partial charge in [-0.2, -0.15) is 5.26 Å². The molecule has 0 aliphatic rings.